The first kappa shape index (κ1) is 19.9. The second-order valence-electron chi connectivity index (χ2n) is 6.62. The lowest BCUT2D eigenvalue weighted by Gasteiger charge is -2.17. The summed E-state index contributed by atoms with van der Waals surface area (Å²) in [4.78, 5) is 29.3. The van der Waals surface area contributed by atoms with Crippen LogP contribution < -0.4 is 10.6 Å². The molecule has 0 unspecified atom stereocenters. The molecule has 0 atom stereocenters. The second kappa shape index (κ2) is 8.04. The van der Waals surface area contributed by atoms with Crippen LogP contribution in [-0.2, 0) is 19.1 Å². The number of benzene rings is 1. The first-order chi connectivity index (χ1) is 13.3. The van der Waals surface area contributed by atoms with Crippen molar-refractivity contribution in [2.45, 2.75) is 45.3 Å². The van der Waals surface area contributed by atoms with Crippen LogP contribution in [0.2, 0.25) is 0 Å². The van der Waals surface area contributed by atoms with Crippen LogP contribution in [0.25, 0.3) is 0 Å². The van der Waals surface area contributed by atoms with Gasteiger partial charge in [-0.15, -0.1) is 0 Å². The number of aromatic nitrogens is 2. The lowest BCUT2D eigenvalue weighted by Crippen LogP contribution is -2.28. The van der Waals surface area contributed by atoms with Crippen LogP contribution in [0.5, 0.6) is 0 Å². The van der Waals surface area contributed by atoms with Gasteiger partial charge >= 0.3 is 6.18 Å². The number of anilines is 1. The van der Waals surface area contributed by atoms with Crippen LogP contribution in [-0.4, -0.2) is 27.9 Å². The van der Waals surface area contributed by atoms with Gasteiger partial charge in [0.2, 0.25) is 0 Å². The normalized spacial score (nSPS) is 13.7. The fourth-order valence-corrected chi connectivity index (χ4v) is 3.15. The molecule has 0 spiro atoms. The fourth-order valence-electron chi connectivity index (χ4n) is 3.15. The molecule has 0 saturated carbocycles. The predicted molar refractivity (Wildman–Crippen MR) is 97.2 cm³/mol. The molecule has 1 aliphatic rings. The largest absolute Gasteiger partial charge is 0.416 e. The molecule has 6 nitrogen and oxygen atoms in total. The predicted octanol–water partition coefficient (Wildman–Crippen LogP) is 3.63. The highest BCUT2D eigenvalue weighted by Gasteiger charge is 2.30. The first-order valence-electron chi connectivity index (χ1n) is 9.17. The van der Waals surface area contributed by atoms with Gasteiger partial charge in [-0.3, -0.25) is 9.59 Å². The molecule has 0 aliphatic carbocycles. The number of nitrogens with one attached hydrogen (secondary N) is 2. The lowest BCUT2D eigenvalue weighted by molar-refractivity contribution is -0.137. The van der Waals surface area contributed by atoms with E-state index in [4.69, 9.17) is 0 Å². The summed E-state index contributed by atoms with van der Waals surface area (Å²) in [6.45, 7) is 3.04. The summed E-state index contributed by atoms with van der Waals surface area (Å²) in [5, 5.41) is 5.33. The van der Waals surface area contributed by atoms with Gasteiger partial charge in [0.25, 0.3) is 11.8 Å². The lowest BCUT2D eigenvalue weighted by atomic mass is 10.1. The van der Waals surface area contributed by atoms with Gasteiger partial charge in [0.15, 0.2) is 11.5 Å². The summed E-state index contributed by atoms with van der Waals surface area (Å²) in [6.07, 6.45) is -1.28. The van der Waals surface area contributed by atoms with Crippen molar-refractivity contribution in [3.8, 4) is 0 Å². The molecule has 28 heavy (non-hydrogen) atoms. The van der Waals surface area contributed by atoms with E-state index in [1.807, 2.05) is 6.92 Å². The molecular formula is C19H21F3N4O2. The number of imidazole rings is 1. The van der Waals surface area contributed by atoms with Crippen molar-refractivity contribution in [3.63, 3.8) is 0 Å². The Hall–Kier alpha value is -2.84. The van der Waals surface area contributed by atoms with Crippen molar-refractivity contribution in [1.82, 2.24) is 14.9 Å². The van der Waals surface area contributed by atoms with Gasteiger partial charge in [-0.05, 0) is 49.9 Å². The van der Waals surface area contributed by atoms with E-state index in [2.05, 4.69) is 15.6 Å². The van der Waals surface area contributed by atoms with Crippen molar-refractivity contribution in [2.24, 2.45) is 0 Å². The van der Waals surface area contributed by atoms with Gasteiger partial charge in [-0.25, -0.2) is 4.98 Å². The third-order valence-electron chi connectivity index (χ3n) is 4.54. The number of halogens is 3. The van der Waals surface area contributed by atoms with E-state index in [-0.39, 0.29) is 23.1 Å². The molecule has 9 heteroatoms. The molecule has 2 aromatic rings. The summed E-state index contributed by atoms with van der Waals surface area (Å²) >= 11 is 0. The van der Waals surface area contributed by atoms with Crippen LogP contribution in [0.4, 0.5) is 18.9 Å². The first-order valence-corrected chi connectivity index (χ1v) is 9.17. The van der Waals surface area contributed by atoms with Gasteiger partial charge in [0.1, 0.15) is 0 Å². The Morgan fingerprint density at radius 3 is 2.50 bits per heavy atom. The molecule has 3 rings (SSSR count). The fraction of sp³-hybridized carbons (Fsp3) is 0.421. The molecule has 2 heterocycles. The van der Waals surface area contributed by atoms with Crippen LogP contribution in [0, 0.1) is 0 Å². The summed E-state index contributed by atoms with van der Waals surface area (Å²) in [5.74, 6) is -0.681. The number of hydrogen-bond donors (Lipinski definition) is 2. The maximum Gasteiger partial charge on any atom is 0.416 e. The second-order valence-corrected chi connectivity index (χ2v) is 6.62. The third-order valence-corrected chi connectivity index (χ3v) is 4.54. The van der Waals surface area contributed by atoms with Gasteiger partial charge in [0.05, 0.1) is 11.3 Å². The molecule has 1 aliphatic heterocycles. The molecule has 150 valence electrons. The average molecular weight is 394 g/mol. The van der Waals surface area contributed by atoms with Crippen molar-refractivity contribution in [3.05, 3.63) is 47.0 Å². The van der Waals surface area contributed by atoms with Gasteiger partial charge in [-0.2, -0.15) is 13.2 Å². The highest BCUT2D eigenvalue weighted by molar-refractivity contribution is 6.05. The average Bonchev–Trinajstić information content (AvgIpc) is 3.06. The monoisotopic (exact) mass is 394 g/mol. The molecule has 2 N–H and O–H groups in total. The summed E-state index contributed by atoms with van der Waals surface area (Å²) in [5.41, 5.74) is 0.255. The number of nitrogens with zero attached hydrogens (tertiary/aromatic N) is 2. The van der Waals surface area contributed by atoms with E-state index >= 15 is 0 Å². The quantitative estimate of drug-likeness (QED) is 0.813. The zero-order valence-corrected chi connectivity index (χ0v) is 15.4. The summed E-state index contributed by atoms with van der Waals surface area (Å²) < 4.78 is 39.8. The van der Waals surface area contributed by atoms with Crippen molar-refractivity contribution in [2.75, 3.05) is 11.9 Å². The zero-order chi connectivity index (χ0) is 20.3. The third kappa shape index (κ3) is 4.18. The number of rotatable bonds is 5. The van der Waals surface area contributed by atoms with E-state index in [1.165, 1.54) is 12.1 Å². The molecule has 1 aromatic carbocycles. The maximum atomic E-state index is 12.7. The van der Waals surface area contributed by atoms with E-state index in [0.717, 1.165) is 31.4 Å². The standard InChI is InChI=1S/C19H21F3N4O2/c1-2-10-23-18(28)16-25-15(14-5-3-4-11-26(14)16)17(27)24-13-8-6-12(7-9-13)19(20,21)22/h6-9H,2-5,10-11H2,1H3,(H,23,28)(H,24,27). The summed E-state index contributed by atoms with van der Waals surface area (Å²) in [6, 6.07) is 4.19. The smallest absolute Gasteiger partial charge is 0.349 e. The SMILES string of the molecule is CCCNC(=O)c1nc(C(=O)Nc2ccc(C(F)(F)F)cc2)c2n1CCCC2. The molecule has 0 saturated heterocycles. The number of hydrogen-bond acceptors (Lipinski definition) is 3. The molecule has 0 radical (unpaired) electrons. The van der Waals surface area contributed by atoms with E-state index in [9.17, 15) is 22.8 Å². The van der Waals surface area contributed by atoms with E-state index in [0.29, 0.717) is 25.2 Å². The number of amides is 2. The van der Waals surface area contributed by atoms with E-state index in [1.54, 1.807) is 4.57 Å². The topological polar surface area (TPSA) is 76.0 Å². The van der Waals surface area contributed by atoms with Gasteiger partial charge < -0.3 is 15.2 Å². The van der Waals surface area contributed by atoms with Crippen molar-refractivity contribution < 1.29 is 22.8 Å². The molecule has 1 aromatic heterocycles. The van der Waals surface area contributed by atoms with Crippen LogP contribution in [0.1, 0.15) is 58.6 Å². The Morgan fingerprint density at radius 2 is 1.86 bits per heavy atom. The number of alkyl halides is 3. The zero-order valence-electron chi connectivity index (χ0n) is 15.4. The minimum atomic E-state index is -4.44. The minimum absolute atomic E-state index is 0.140. The number of fused-ring (bicyclic) bond motifs is 1. The van der Waals surface area contributed by atoms with Crippen LogP contribution in [0.15, 0.2) is 24.3 Å². The van der Waals surface area contributed by atoms with Crippen LogP contribution in [0.3, 0.4) is 0 Å². The Morgan fingerprint density at radius 1 is 1.14 bits per heavy atom. The highest BCUT2D eigenvalue weighted by Crippen LogP contribution is 2.30. The minimum Gasteiger partial charge on any atom is -0.349 e. The van der Waals surface area contributed by atoms with Crippen LogP contribution >= 0.6 is 0 Å². The van der Waals surface area contributed by atoms with Crippen molar-refractivity contribution in [1.29, 1.82) is 0 Å². The van der Waals surface area contributed by atoms with E-state index < -0.39 is 17.6 Å². The molecule has 0 fully saturated rings. The molecular weight excluding hydrogens is 373 g/mol. The number of carbonyl (C=O) groups excluding carboxylic acids is 2. The highest BCUT2D eigenvalue weighted by atomic mass is 19.4. The Labute approximate surface area is 160 Å². The Kier molecular flexibility index (Phi) is 5.71. The van der Waals surface area contributed by atoms with Crippen molar-refractivity contribution >= 4 is 17.5 Å². The van der Waals surface area contributed by atoms with Gasteiger partial charge in [-0.1, -0.05) is 6.92 Å². The Bertz CT molecular complexity index is 873. The number of carbonyl (C=O) groups is 2. The summed E-state index contributed by atoms with van der Waals surface area (Å²) in [7, 11) is 0. The Balaban J connectivity index is 1.83. The maximum absolute atomic E-state index is 12.7. The van der Waals surface area contributed by atoms with Gasteiger partial charge in [0, 0.05) is 18.8 Å². The molecule has 0 bridgehead atoms. The molecule has 2 amide bonds.